The lowest BCUT2D eigenvalue weighted by Crippen LogP contribution is -2.33. The number of halogens is 3. The predicted molar refractivity (Wildman–Crippen MR) is 163 cm³/mol. The number of rotatable bonds is 8. The largest absolute Gasteiger partial charge is 0.493 e. The lowest BCUT2D eigenvalue weighted by atomic mass is 10.0. The summed E-state index contributed by atoms with van der Waals surface area (Å²) in [5.41, 5.74) is -1.55. The van der Waals surface area contributed by atoms with Gasteiger partial charge in [0.15, 0.2) is 17.4 Å². The van der Waals surface area contributed by atoms with E-state index in [0.29, 0.717) is 24.9 Å². The topological polar surface area (TPSA) is 115 Å². The summed E-state index contributed by atoms with van der Waals surface area (Å²) in [5, 5.41) is 4.97. The lowest BCUT2D eigenvalue weighted by Gasteiger charge is -2.18. The molecule has 2 aromatic carbocycles. The van der Waals surface area contributed by atoms with Crippen LogP contribution in [0.25, 0.3) is 5.69 Å². The van der Waals surface area contributed by atoms with Crippen LogP contribution in [-0.4, -0.2) is 46.1 Å². The number of hydrogen-bond donors (Lipinski definition) is 2. The first kappa shape index (κ1) is 30.7. The van der Waals surface area contributed by atoms with Gasteiger partial charge in [0.1, 0.15) is 28.7 Å². The van der Waals surface area contributed by atoms with Gasteiger partial charge < -0.3 is 19.7 Å². The second-order valence-electron chi connectivity index (χ2n) is 11.1. The molecule has 3 heterocycles. The molecule has 1 saturated heterocycles. The number of carbonyl (C=O) groups excluding carboxylic acids is 2. The number of hydrogen-bond acceptors (Lipinski definition) is 6. The molecule has 1 saturated carbocycles. The number of likely N-dealkylation sites (tertiary alicyclic amines) is 1. The Balaban J connectivity index is 1.18. The van der Waals surface area contributed by atoms with Crippen molar-refractivity contribution in [1.29, 1.82) is 0 Å². The summed E-state index contributed by atoms with van der Waals surface area (Å²) in [6.07, 6.45) is 6.16. The Hall–Kier alpha value is -5.33. The lowest BCUT2D eigenvalue weighted by molar-refractivity contribution is 0.102. The maximum Gasteiger partial charge on any atom is 0.323 e. The van der Waals surface area contributed by atoms with Gasteiger partial charge in [-0.1, -0.05) is 6.42 Å². The van der Waals surface area contributed by atoms with E-state index >= 15 is 8.78 Å². The third-order valence-corrected chi connectivity index (χ3v) is 8.16. The average Bonchev–Trinajstić information content (AvgIpc) is 3.64. The summed E-state index contributed by atoms with van der Waals surface area (Å²) in [6, 6.07) is 10.4. The Morgan fingerprint density at radius 2 is 1.67 bits per heavy atom. The maximum absolute atomic E-state index is 15.2. The molecule has 0 bridgehead atoms. The van der Waals surface area contributed by atoms with E-state index < -0.39 is 45.9 Å². The van der Waals surface area contributed by atoms with Crippen LogP contribution in [0.2, 0.25) is 0 Å². The Bertz CT molecular complexity index is 1840. The molecule has 0 radical (unpaired) electrons. The van der Waals surface area contributed by atoms with Gasteiger partial charge in [-0.3, -0.25) is 19.5 Å². The molecule has 0 spiro atoms. The zero-order chi connectivity index (χ0) is 32.4. The molecule has 1 aliphatic heterocycles. The number of fused-ring (bicyclic) bond motifs is 1. The molecule has 2 unspecified atom stereocenters. The van der Waals surface area contributed by atoms with Crippen molar-refractivity contribution in [3.63, 3.8) is 0 Å². The highest BCUT2D eigenvalue weighted by molar-refractivity contribution is 6.06. The van der Waals surface area contributed by atoms with E-state index in [1.165, 1.54) is 49.1 Å². The summed E-state index contributed by atoms with van der Waals surface area (Å²) < 4.78 is 55.8. The molecule has 4 aromatic rings. The predicted octanol–water partition coefficient (Wildman–Crippen LogP) is 6.36. The highest BCUT2D eigenvalue weighted by Crippen LogP contribution is 2.38. The van der Waals surface area contributed by atoms with Gasteiger partial charge in [0, 0.05) is 49.4 Å². The molecule has 13 heteroatoms. The fourth-order valence-electron chi connectivity index (χ4n) is 5.96. The molecule has 3 amide bonds. The molecule has 6 rings (SSSR count). The SMILES string of the molecule is CCOc1ccn(-c2ccc(F)cc2)c(=O)c1C(=O)Nc1cc(F)c(Oc2ccnc(NC(=O)N3CC4CCCC4C3)c2)cc1F. The molecular formula is C33H30F3N5O5. The van der Waals surface area contributed by atoms with Crippen LogP contribution in [-0.2, 0) is 0 Å². The summed E-state index contributed by atoms with van der Waals surface area (Å²) >= 11 is 0. The highest BCUT2D eigenvalue weighted by Gasteiger charge is 2.38. The molecule has 1 aliphatic carbocycles. The zero-order valence-corrected chi connectivity index (χ0v) is 24.8. The van der Waals surface area contributed by atoms with E-state index in [1.807, 2.05) is 0 Å². The van der Waals surface area contributed by atoms with Crippen molar-refractivity contribution >= 4 is 23.4 Å². The van der Waals surface area contributed by atoms with E-state index in [1.54, 1.807) is 11.8 Å². The first-order valence-corrected chi connectivity index (χ1v) is 14.8. The molecule has 238 valence electrons. The van der Waals surface area contributed by atoms with Gasteiger partial charge in [-0.15, -0.1) is 0 Å². The van der Waals surface area contributed by atoms with Crippen LogP contribution < -0.4 is 25.7 Å². The highest BCUT2D eigenvalue weighted by atomic mass is 19.1. The Morgan fingerprint density at radius 1 is 0.935 bits per heavy atom. The number of benzene rings is 2. The number of nitrogens with zero attached hydrogens (tertiary/aromatic N) is 3. The fourth-order valence-corrected chi connectivity index (χ4v) is 5.96. The Morgan fingerprint density at radius 3 is 2.39 bits per heavy atom. The van der Waals surface area contributed by atoms with Gasteiger partial charge in [-0.2, -0.15) is 0 Å². The normalized spacial score (nSPS) is 17.0. The quantitative estimate of drug-likeness (QED) is 0.234. The summed E-state index contributed by atoms with van der Waals surface area (Å²) in [5.74, 6) is -2.85. The molecular weight excluding hydrogens is 603 g/mol. The summed E-state index contributed by atoms with van der Waals surface area (Å²) in [6.45, 7) is 3.16. The molecule has 46 heavy (non-hydrogen) atoms. The Labute approximate surface area is 261 Å². The van der Waals surface area contributed by atoms with Crippen LogP contribution in [0.1, 0.15) is 36.5 Å². The van der Waals surface area contributed by atoms with Crippen LogP contribution in [0.4, 0.5) is 29.5 Å². The van der Waals surface area contributed by atoms with Crippen LogP contribution in [0.5, 0.6) is 17.2 Å². The molecule has 2 aromatic heterocycles. The van der Waals surface area contributed by atoms with Gasteiger partial charge in [0.25, 0.3) is 11.5 Å². The van der Waals surface area contributed by atoms with E-state index in [2.05, 4.69) is 15.6 Å². The molecule has 2 aliphatic rings. The van der Waals surface area contributed by atoms with Gasteiger partial charge in [-0.25, -0.2) is 22.9 Å². The van der Waals surface area contributed by atoms with Gasteiger partial charge >= 0.3 is 6.03 Å². The smallest absolute Gasteiger partial charge is 0.323 e. The van der Waals surface area contributed by atoms with Crippen molar-refractivity contribution in [1.82, 2.24) is 14.5 Å². The monoisotopic (exact) mass is 633 g/mol. The minimum Gasteiger partial charge on any atom is -0.493 e. The minimum atomic E-state index is -1.05. The van der Waals surface area contributed by atoms with Crippen molar-refractivity contribution < 1.29 is 32.2 Å². The van der Waals surface area contributed by atoms with Crippen molar-refractivity contribution in [2.45, 2.75) is 26.2 Å². The molecule has 2 fully saturated rings. The Kier molecular flexibility index (Phi) is 8.64. The van der Waals surface area contributed by atoms with Crippen molar-refractivity contribution in [3.05, 3.63) is 100 Å². The van der Waals surface area contributed by atoms with E-state index in [-0.39, 0.29) is 35.6 Å². The van der Waals surface area contributed by atoms with Gasteiger partial charge in [0.2, 0.25) is 0 Å². The van der Waals surface area contributed by atoms with E-state index in [0.717, 1.165) is 41.7 Å². The summed E-state index contributed by atoms with van der Waals surface area (Å²) in [4.78, 5) is 45.2. The standard InChI is InChI=1S/C33H30F3N5O5/c1-2-45-27-11-13-41(22-8-6-21(34)7-9-22)32(43)30(27)31(42)38-26-15-25(36)28(16-24(26)35)46-23-10-12-37-29(14-23)39-33(44)40-17-19-4-3-5-20(19)18-40/h6-16,19-20H,2-5,17-18H2,1H3,(H,38,42)(H,37,39,44). The third kappa shape index (κ3) is 6.39. The number of ether oxygens (including phenoxy) is 2. The number of anilines is 2. The fraction of sp³-hybridized carbons (Fsp3) is 0.273. The van der Waals surface area contributed by atoms with Crippen LogP contribution in [0, 0.1) is 29.3 Å². The number of amides is 3. The van der Waals surface area contributed by atoms with Crippen molar-refractivity contribution in [2.75, 3.05) is 30.3 Å². The maximum atomic E-state index is 15.2. The first-order chi connectivity index (χ1) is 22.2. The second kappa shape index (κ2) is 13.0. The van der Waals surface area contributed by atoms with Crippen molar-refractivity contribution in [3.8, 4) is 22.9 Å². The van der Waals surface area contributed by atoms with Crippen molar-refractivity contribution in [2.24, 2.45) is 11.8 Å². The van der Waals surface area contributed by atoms with E-state index in [9.17, 15) is 18.8 Å². The number of carbonyl (C=O) groups is 2. The van der Waals surface area contributed by atoms with Gasteiger partial charge in [0.05, 0.1) is 12.3 Å². The average molecular weight is 634 g/mol. The minimum absolute atomic E-state index is 0.0719. The zero-order valence-electron chi connectivity index (χ0n) is 24.8. The number of nitrogens with one attached hydrogen (secondary N) is 2. The molecule has 2 N–H and O–H groups in total. The molecule has 10 nitrogen and oxygen atoms in total. The number of pyridine rings is 2. The summed E-state index contributed by atoms with van der Waals surface area (Å²) in [7, 11) is 0. The van der Waals surface area contributed by atoms with Crippen LogP contribution in [0.15, 0.2) is 71.8 Å². The van der Waals surface area contributed by atoms with E-state index in [4.69, 9.17) is 9.47 Å². The third-order valence-electron chi connectivity index (χ3n) is 8.16. The van der Waals surface area contributed by atoms with Crippen LogP contribution >= 0.6 is 0 Å². The molecule has 2 atom stereocenters. The van der Waals surface area contributed by atoms with Gasteiger partial charge in [-0.05, 0) is 68.0 Å². The number of urea groups is 1. The second-order valence-corrected chi connectivity index (χ2v) is 11.1. The van der Waals surface area contributed by atoms with Crippen LogP contribution in [0.3, 0.4) is 0 Å². The number of aromatic nitrogens is 2. The first-order valence-electron chi connectivity index (χ1n) is 14.8.